The maximum atomic E-state index is 9.25. The molecule has 0 aliphatic carbocycles. The Morgan fingerprint density at radius 1 is 1.50 bits per heavy atom. The van der Waals surface area contributed by atoms with Gasteiger partial charge in [0.1, 0.15) is 5.82 Å². The van der Waals surface area contributed by atoms with Crippen molar-refractivity contribution in [1.29, 1.82) is 0 Å². The number of hydrogen-bond donors (Lipinski definition) is 3. The average Bonchev–Trinajstić information content (AvgIpc) is 2.85. The lowest BCUT2D eigenvalue weighted by molar-refractivity contribution is 0.184. The Morgan fingerprint density at radius 3 is 2.83 bits per heavy atom. The fourth-order valence-electron chi connectivity index (χ4n) is 2.25. The first-order valence-corrected chi connectivity index (χ1v) is 6.70. The Hall–Kier alpha value is -1.14. The Kier molecular flexibility index (Phi) is 4.54. The van der Waals surface area contributed by atoms with Crippen molar-refractivity contribution < 1.29 is 5.11 Å². The Bertz CT molecular complexity index is 357. The van der Waals surface area contributed by atoms with E-state index in [1.54, 1.807) is 6.92 Å². The Morgan fingerprint density at radius 2 is 2.22 bits per heavy atom. The lowest BCUT2D eigenvalue weighted by Gasteiger charge is -2.30. The highest BCUT2D eigenvalue weighted by atomic mass is 16.3. The predicted octanol–water partition coefficient (Wildman–Crippen LogP) is 0.306. The molecule has 0 spiro atoms. The number of nitrogens with one attached hydrogen (secondary N) is 2. The first-order valence-electron chi connectivity index (χ1n) is 6.70. The predicted molar refractivity (Wildman–Crippen MR) is 70.7 cm³/mol. The molecular formula is C12H23N5O. The highest BCUT2D eigenvalue weighted by Crippen LogP contribution is 2.16. The summed E-state index contributed by atoms with van der Waals surface area (Å²) in [5.74, 6) is 1.66. The lowest BCUT2D eigenvalue weighted by Crippen LogP contribution is -2.41. The third-order valence-electron chi connectivity index (χ3n) is 3.50. The van der Waals surface area contributed by atoms with Crippen LogP contribution in [0.25, 0.3) is 0 Å². The number of piperidine rings is 1. The van der Waals surface area contributed by atoms with E-state index in [9.17, 15) is 5.11 Å². The van der Waals surface area contributed by atoms with E-state index in [1.165, 1.54) is 0 Å². The van der Waals surface area contributed by atoms with Crippen molar-refractivity contribution >= 4 is 5.95 Å². The van der Waals surface area contributed by atoms with Crippen LogP contribution >= 0.6 is 0 Å². The van der Waals surface area contributed by atoms with Crippen LogP contribution in [-0.4, -0.2) is 52.6 Å². The van der Waals surface area contributed by atoms with Crippen LogP contribution in [-0.2, 0) is 6.42 Å². The molecule has 0 bridgehead atoms. The van der Waals surface area contributed by atoms with Crippen LogP contribution in [0.4, 0.5) is 5.95 Å². The van der Waals surface area contributed by atoms with Gasteiger partial charge in [-0.05, 0) is 33.2 Å². The molecule has 6 heteroatoms. The largest absolute Gasteiger partial charge is 0.393 e. The molecule has 1 aromatic heterocycles. The summed E-state index contributed by atoms with van der Waals surface area (Å²) in [5.41, 5.74) is 0. The van der Waals surface area contributed by atoms with Crippen molar-refractivity contribution in [3.8, 4) is 0 Å². The molecule has 3 N–H and O–H groups in total. The molecule has 0 saturated carbocycles. The fourth-order valence-corrected chi connectivity index (χ4v) is 2.25. The number of aromatic nitrogens is 3. The summed E-state index contributed by atoms with van der Waals surface area (Å²) < 4.78 is 0. The fraction of sp³-hybridized carbons (Fsp3) is 0.833. The normalized spacial score (nSPS) is 19.2. The molecule has 1 aromatic rings. The number of anilines is 1. The van der Waals surface area contributed by atoms with Crippen molar-refractivity contribution in [3.63, 3.8) is 0 Å². The molecule has 1 aliphatic rings. The number of nitrogens with zero attached hydrogens (tertiary/aromatic N) is 3. The van der Waals surface area contributed by atoms with Crippen LogP contribution in [0.5, 0.6) is 0 Å². The number of aliphatic hydroxyl groups excluding tert-OH is 1. The second-order valence-electron chi connectivity index (χ2n) is 5.02. The molecule has 1 aliphatic heterocycles. The molecule has 1 saturated heterocycles. The molecule has 0 amide bonds. The van der Waals surface area contributed by atoms with Crippen molar-refractivity contribution in [3.05, 3.63) is 5.82 Å². The summed E-state index contributed by atoms with van der Waals surface area (Å²) in [5, 5.41) is 19.8. The first-order chi connectivity index (χ1) is 8.69. The third kappa shape index (κ3) is 3.43. The monoisotopic (exact) mass is 253 g/mol. The van der Waals surface area contributed by atoms with Gasteiger partial charge in [-0.3, -0.25) is 5.10 Å². The Labute approximate surface area is 108 Å². The SMILES string of the molecule is CNC1CCN(c2n[nH]c(CCC(C)O)n2)CC1. The molecule has 2 heterocycles. The van der Waals surface area contributed by atoms with E-state index >= 15 is 0 Å². The zero-order chi connectivity index (χ0) is 13.0. The molecule has 18 heavy (non-hydrogen) atoms. The van der Waals surface area contributed by atoms with Gasteiger partial charge in [0.25, 0.3) is 0 Å². The van der Waals surface area contributed by atoms with Gasteiger partial charge in [-0.25, -0.2) is 0 Å². The minimum absolute atomic E-state index is 0.287. The lowest BCUT2D eigenvalue weighted by atomic mass is 10.1. The van der Waals surface area contributed by atoms with Gasteiger partial charge >= 0.3 is 0 Å². The maximum Gasteiger partial charge on any atom is 0.244 e. The average molecular weight is 253 g/mol. The molecule has 2 rings (SSSR count). The number of rotatable bonds is 5. The van der Waals surface area contributed by atoms with Crippen LogP contribution in [0.3, 0.4) is 0 Å². The van der Waals surface area contributed by atoms with Gasteiger partial charge in [0, 0.05) is 25.6 Å². The van der Waals surface area contributed by atoms with E-state index in [2.05, 4.69) is 25.4 Å². The van der Waals surface area contributed by atoms with E-state index in [0.29, 0.717) is 6.04 Å². The molecule has 1 atom stereocenters. The van der Waals surface area contributed by atoms with Crippen molar-refractivity contribution in [2.75, 3.05) is 25.0 Å². The number of H-pyrrole nitrogens is 1. The second kappa shape index (κ2) is 6.15. The molecule has 0 radical (unpaired) electrons. The van der Waals surface area contributed by atoms with E-state index in [1.807, 2.05) is 7.05 Å². The van der Waals surface area contributed by atoms with Gasteiger partial charge in [0.15, 0.2) is 0 Å². The van der Waals surface area contributed by atoms with Crippen molar-refractivity contribution in [1.82, 2.24) is 20.5 Å². The van der Waals surface area contributed by atoms with Crippen LogP contribution in [0, 0.1) is 0 Å². The van der Waals surface area contributed by atoms with Gasteiger partial charge in [0.2, 0.25) is 5.95 Å². The van der Waals surface area contributed by atoms with E-state index in [-0.39, 0.29) is 6.10 Å². The van der Waals surface area contributed by atoms with E-state index < -0.39 is 0 Å². The minimum atomic E-state index is -0.287. The second-order valence-corrected chi connectivity index (χ2v) is 5.02. The van der Waals surface area contributed by atoms with Gasteiger partial charge in [-0.15, -0.1) is 5.10 Å². The summed E-state index contributed by atoms with van der Waals surface area (Å²) >= 11 is 0. The van der Waals surface area contributed by atoms with E-state index in [4.69, 9.17) is 0 Å². The van der Waals surface area contributed by atoms with Crippen LogP contribution in [0.15, 0.2) is 0 Å². The molecule has 6 nitrogen and oxygen atoms in total. The van der Waals surface area contributed by atoms with Crippen LogP contribution < -0.4 is 10.2 Å². The molecule has 102 valence electrons. The maximum absolute atomic E-state index is 9.25. The van der Waals surface area contributed by atoms with Crippen molar-refractivity contribution in [2.24, 2.45) is 0 Å². The summed E-state index contributed by atoms with van der Waals surface area (Å²) in [6.07, 6.45) is 3.45. The van der Waals surface area contributed by atoms with Crippen LogP contribution in [0.2, 0.25) is 0 Å². The van der Waals surface area contributed by atoms with Gasteiger partial charge in [0.05, 0.1) is 6.10 Å². The molecule has 1 unspecified atom stereocenters. The number of hydrogen-bond acceptors (Lipinski definition) is 5. The minimum Gasteiger partial charge on any atom is -0.393 e. The highest BCUT2D eigenvalue weighted by molar-refractivity contribution is 5.29. The summed E-state index contributed by atoms with van der Waals surface area (Å²) in [7, 11) is 2.02. The molecular weight excluding hydrogens is 230 g/mol. The Balaban J connectivity index is 1.86. The van der Waals surface area contributed by atoms with Crippen LogP contribution in [0.1, 0.15) is 32.0 Å². The summed E-state index contributed by atoms with van der Waals surface area (Å²) in [4.78, 5) is 6.70. The van der Waals surface area contributed by atoms with Gasteiger partial charge in [-0.1, -0.05) is 0 Å². The molecule has 1 fully saturated rings. The van der Waals surface area contributed by atoms with Crippen molar-refractivity contribution in [2.45, 2.75) is 44.8 Å². The topological polar surface area (TPSA) is 77.1 Å². The third-order valence-corrected chi connectivity index (χ3v) is 3.50. The van der Waals surface area contributed by atoms with E-state index in [0.717, 1.165) is 50.5 Å². The smallest absolute Gasteiger partial charge is 0.244 e. The first kappa shape index (κ1) is 13.3. The number of aryl methyl sites for hydroxylation is 1. The number of aliphatic hydroxyl groups is 1. The highest BCUT2D eigenvalue weighted by Gasteiger charge is 2.20. The quantitative estimate of drug-likeness (QED) is 0.704. The standard InChI is InChI=1S/C12H23N5O/c1-9(18)3-4-11-14-12(16-15-11)17-7-5-10(13-2)6-8-17/h9-10,13,18H,3-8H2,1-2H3,(H,14,15,16). The number of aromatic amines is 1. The zero-order valence-corrected chi connectivity index (χ0v) is 11.2. The molecule has 0 aromatic carbocycles. The zero-order valence-electron chi connectivity index (χ0n) is 11.2. The van der Waals surface area contributed by atoms with Gasteiger partial charge < -0.3 is 15.3 Å². The summed E-state index contributed by atoms with van der Waals surface area (Å²) in [6.45, 7) is 3.79. The summed E-state index contributed by atoms with van der Waals surface area (Å²) in [6, 6.07) is 0.620. The van der Waals surface area contributed by atoms with Gasteiger partial charge in [-0.2, -0.15) is 4.98 Å².